The summed E-state index contributed by atoms with van der Waals surface area (Å²) >= 11 is 0. The van der Waals surface area contributed by atoms with Gasteiger partial charge in [-0.15, -0.1) is 0 Å². The van der Waals surface area contributed by atoms with Gasteiger partial charge in [0, 0.05) is 5.92 Å². The van der Waals surface area contributed by atoms with Gasteiger partial charge >= 0.3 is 0 Å². The molecule has 5 heteroatoms. The summed E-state index contributed by atoms with van der Waals surface area (Å²) in [6.07, 6.45) is 2.19. The lowest BCUT2D eigenvalue weighted by atomic mass is 9.98. The van der Waals surface area contributed by atoms with Crippen LogP contribution < -0.4 is 0 Å². The smallest absolute Gasteiger partial charge is 0.203 e. The Kier molecular flexibility index (Phi) is 2.48. The molecule has 3 rings (SSSR count). The zero-order chi connectivity index (χ0) is 12.8. The molecule has 4 nitrogen and oxygen atoms in total. The summed E-state index contributed by atoms with van der Waals surface area (Å²) in [4.78, 5) is 0.298. The van der Waals surface area contributed by atoms with E-state index in [0.717, 1.165) is 12.8 Å². The van der Waals surface area contributed by atoms with Crippen LogP contribution in [0, 0.1) is 11.3 Å². The molecular formula is C13H15NO3S. The van der Waals surface area contributed by atoms with Crippen LogP contribution in [-0.2, 0) is 14.6 Å². The van der Waals surface area contributed by atoms with Crippen molar-refractivity contribution >= 4 is 15.7 Å². The van der Waals surface area contributed by atoms with Gasteiger partial charge in [-0.1, -0.05) is 24.6 Å². The Bertz CT molecular complexity index is 582. The molecule has 1 aliphatic heterocycles. The molecular weight excluding hydrogens is 250 g/mol. The van der Waals surface area contributed by atoms with Gasteiger partial charge in [-0.05, 0) is 25.0 Å². The molecule has 18 heavy (non-hydrogen) atoms. The third-order valence-electron chi connectivity index (χ3n) is 4.11. The molecule has 1 aromatic rings. The predicted molar refractivity (Wildman–Crippen MR) is 67.4 cm³/mol. The summed E-state index contributed by atoms with van der Waals surface area (Å²) < 4.78 is 29.8. The normalized spacial score (nSPS) is 31.1. The lowest BCUT2D eigenvalue weighted by molar-refractivity contribution is 0.295. The summed E-state index contributed by atoms with van der Waals surface area (Å²) in [5.41, 5.74) is 0. The maximum absolute atomic E-state index is 12.8. The van der Waals surface area contributed by atoms with Crippen LogP contribution in [0.15, 0.2) is 35.2 Å². The first kappa shape index (κ1) is 11.7. The highest BCUT2D eigenvalue weighted by atomic mass is 32.2. The van der Waals surface area contributed by atoms with Gasteiger partial charge in [-0.2, -0.15) is 0 Å². The topological polar surface area (TPSA) is 67.2 Å². The largest absolute Gasteiger partial charge is 0.480 e. The minimum Gasteiger partial charge on any atom is -0.480 e. The second-order valence-electron chi connectivity index (χ2n) is 4.94. The highest BCUT2D eigenvalue weighted by Crippen LogP contribution is 2.49. The lowest BCUT2D eigenvalue weighted by Gasteiger charge is -2.26. The number of benzene rings is 1. The summed E-state index contributed by atoms with van der Waals surface area (Å²) in [6, 6.07) is 8.43. The van der Waals surface area contributed by atoms with E-state index in [-0.39, 0.29) is 11.8 Å². The van der Waals surface area contributed by atoms with Crippen LogP contribution in [0.5, 0.6) is 0 Å². The fraction of sp³-hybridized carbons (Fsp3) is 0.462. The molecule has 1 aromatic carbocycles. The quantitative estimate of drug-likeness (QED) is 0.889. The molecule has 1 saturated carbocycles. The van der Waals surface area contributed by atoms with Crippen molar-refractivity contribution < 1.29 is 13.2 Å². The Labute approximate surface area is 106 Å². The fourth-order valence-corrected chi connectivity index (χ4v) is 5.43. The lowest BCUT2D eigenvalue weighted by Crippen LogP contribution is -2.45. The Morgan fingerprint density at radius 2 is 2.00 bits per heavy atom. The summed E-state index contributed by atoms with van der Waals surface area (Å²) in [7, 11) is -3.54. The van der Waals surface area contributed by atoms with E-state index in [9.17, 15) is 8.42 Å². The van der Waals surface area contributed by atoms with E-state index in [4.69, 9.17) is 10.1 Å². The van der Waals surface area contributed by atoms with Crippen molar-refractivity contribution in [3.05, 3.63) is 30.3 Å². The van der Waals surface area contributed by atoms with E-state index in [2.05, 4.69) is 0 Å². The van der Waals surface area contributed by atoms with Gasteiger partial charge in [0.25, 0.3) is 0 Å². The van der Waals surface area contributed by atoms with Crippen molar-refractivity contribution in [1.82, 2.24) is 0 Å². The van der Waals surface area contributed by atoms with Crippen molar-refractivity contribution in [2.75, 3.05) is 6.61 Å². The molecule has 0 amide bonds. The highest BCUT2D eigenvalue weighted by Gasteiger charge is 2.61. The molecule has 1 heterocycles. The zero-order valence-electron chi connectivity index (χ0n) is 9.93. The number of sulfone groups is 1. The van der Waals surface area contributed by atoms with Crippen molar-refractivity contribution in [2.24, 2.45) is 5.92 Å². The van der Waals surface area contributed by atoms with Gasteiger partial charge in [0.15, 0.2) is 14.6 Å². The average Bonchev–Trinajstić information content (AvgIpc) is 2.93. The number of ether oxygens (including phenoxy) is 1. The van der Waals surface area contributed by atoms with E-state index < -0.39 is 14.6 Å². The molecule has 1 N–H and O–H groups in total. The minimum atomic E-state index is -3.54. The van der Waals surface area contributed by atoms with Gasteiger partial charge in [0.05, 0.1) is 11.5 Å². The number of nitrogens with one attached hydrogen (secondary N) is 1. The molecule has 2 aliphatic rings. The van der Waals surface area contributed by atoms with Gasteiger partial charge < -0.3 is 4.74 Å². The first-order valence-electron chi connectivity index (χ1n) is 6.10. The Morgan fingerprint density at radius 1 is 1.28 bits per heavy atom. The van der Waals surface area contributed by atoms with Crippen molar-refractivity contribution in [3.63, 3.8) is 0 Å². The van der Waals surface area contributed by atoms with E-state index in [1.807, 2.05) is 0 Å². The Hall–Kier alpha value is -1.36. The van der Waals surface area contributed by atoms with E-state index in [1.165, 1.54) is 0 Å². The SMILES string of the molecule is N=C1OC[C@@H]2CCC[C@]12S(=O)(=O)c1ccccc1. The molecule has 0 radical (unpaired) electrons. The first-order valence-corrected chi connectivity index (χ1v) is 7.59. The van der Waals surface area contributed by atoms with Crippen LogP contribution in [0.25, 0.3) is 0 Å². The van der Waals surface area contributed by atoms with E-state index >= 15 is 0 Å². The minimum absolute atomic E-state index is 0.0600. The predicted octanol–water partition coefficient (Wildman–Crippen LogP) is 2.01. The standard InChI is InChI=1S/C13H15NO3S/c14-12-13(8-4-5-10(13)9-17-12)18(15,16)11-6-2-1-3-7-11/h1-3,6-7,10,14H,4-5,8-9H2/t10-,13+/m0/s1. The van der Waals surface area contributed by atoms with Crippen LogP contribution in [-0.4, -0.2) is 25.7 Å². The number of hydrogen-bond donors (Lipinski definition) is 1. The van der Waals surface area contributed by atoms with Crippen molar-refractivity contribution in [3.8, 4) is 0 Å². The monoisotopic (exact) mass is 265 g/mol. The molecule has 1 aliphatic carbocycles. The second-order valence-corrected chi connectivity index (χ2v) is 7.14. The molecule has 96 valence electrons. The highest BCUT2D eigenvalue weighted by molar-refractivity contribution is 7.93. The molecule has 0 bridgehead atoms. The Morgan fingerprint density at radius 3 is 2.72 bits per heavy atom. The Balaban J connectivity index is 2.16. The molecule has 0 aromatic heterocycles. The molecule has 0 spiro atoms. The summed E-state index contributed by atoms with van der Waals surface area (Å²) in [6.45, 7) is 0.366. The van der Waals surface area contributed by atoms with Crippen LogP contribution in [0.3, 0.4) is 0 Å². The number of fused-ring (bicyclic) bond motifs is 1. The molecule has 2 atom stereocenters. The maximum atomic E-state index is 12.8. The van der Waals surface area contributed by atoms with Crippen LogP contribution in [0.2, 0.25) is 0 Å². The van der Waals surface area contributed by atoms with Crippen LogP contribution in [0.4, 0.5) is 0 Å². The number of hydrogen-bond acceptors (Lipinski definition) is 4. The first-order chi connectivity index (χ1) is 8.59. The van der Waals surface area contributed by atoms with Gasteiger partial charge in [-0.3, -0.25) is 5.41 Å². The van der Waals surface area contributed by atoms with Crippen LogP contribution >= 0.6 is 0 Å². The molecule has 1 saturated heterocycles. The van der Waals surface area contributed by atoms with Crippen LogP contribution in [0.1, 0.15) is 19.3 Å². The van der Waals surface area contributed by atoms with Gasteiger partial charge in [-0.25, -0.2) is 8.42 Å². The van der Waals surface area contributed by atoms with Gasteiger partial charge in [0.2, 0.25) is 5.90 Å². The third kappa shape index (κ3) is 1.31. The third-order valence-corrected chi connectivity index (χ3v) is 6.68. The van der Waals surface area contributed by atoms with E-state index in [0.29, 0.717) is 17.9 Å². The van der Waals surface area contributed by atoms with E-state index in [1.54, 1.807) is 30.3 Å². The fourth-order valence-electron chi connectivity index (χ4n) is 3.16. The van der Waals surface area contributed by atoms with Gasteiger partial charge in [0.1, 0.15) is 0 Å². The van der Waals surface area contributed by atoms with Crippen molar-refractivity contribution in [1.29, 1.82) is 5.41 Å². The summed E-state index contributed by atoms with van der Waals surface area (Å²) in [5, 5.41) is 7.93. The summed E-state index contributed by atoms with van der Waals surface area (Å²) in [5.74, 6) is -0.121. The molecule has 0 unspecified atom stereocenters. The second kappa shape index (κ2) is 3.82. The maximum Gasteiger partial charge on any atom is 0.203 e. The zero-order valence-corrected chi connectivity index (χ0v) is 10.7. The molecule has 2 fully saturated rings. The number of rotatable bonds is 2. The average molecular weight is 265 g/mol. The van der Waals surface area contributed by atoms with Crippen molar-refractivity contribution in [2.45, 2.75) is 28.9 Å².